The number of anilines is 1. The van der Waals surface area contributed by atoms with Gasteiger partial charge in [0, 0.05) is 0 Å². The smallest absolute Gasteiger partial charge is 0.306 e. The molecule has 0 radical (unpaired) electrons. The number of rotatable bonds is 3. The SMILES string of the molecule is CN(C)C(ONc1ccccc1N=N)=[N+](C)C. The van der Waals surface area contributed by atoms with E-state index in [1.807, 2.05) is 49.8 Å². The fourth-order valence-corrected chi connectivity index (χ4v) is 1.34. The van der Waals surface area contributed by atoms with Crippen molar-refractivity contribution >= 4 is 17.4 Å². The molecular formula is C11H18N5O+. The molecule has 0 amide bonds. The van der Waals surface area contributed by atoms with E-state index in [1.54, 1.807) is 12.1 Å². The van der Waals surface area contributed by atoms with Crippen LogP contribution in [0, 0.1) is 5.53 Å². The number of hydrogen-bond acceptors (Lipinski definition) is 4. The van der Waals surface area contributed by atoms with Crippen LogP contribution in [0.2, 0.25) is 0 Å². The number of nitrogens with zero attached hydrogens (tertiary/aromatic N) is 3. The summed E-state index contributed by atoms with van der Waals surface area (Å²) in [6.07, 6.45) is 0. The van der Waals surface area contributed by atoms with Crippen LogP contribution >= 0.6 is 0 Å². The van der Waals surface area contributed by atoms with E-state index in [0.29, 0.717) is 17.4 Å². The molecule has 0 aromatic heterocycles. The Bertz CT molecular complexity index is 424. The van der Waals surface area contributed by atoms with Crippen LogP contribution in [-0.4, -0.2) is 43.7 Å². The summed E-state index contributed by atoms with van der Waals surface area (Å²) >= 11 is 0. The first kappa shape index (κ1) is 13.0. The molecule has 0 spiro atoms. The molecule has 0 heterocycles. The van der Waals surface area contributed by atoms with Gasteiger partial charge in [-0.1, -0.05) is 12.1 Å². The first-order valence-electron chi connectivity index (χ1n) is 5.17. The normalized spacial score (nSPS) is 9.41. The highest BCUT2D eigenvalue weighted by atomic mass is 16.7. The molecule has 1 aromatic rings. The molecule has 6 heteroatoms. The van der Waals surface area contributed by atoms with Crippen LogP contribution in [0.25, 0.3) is 0 Å². The van der Waals surface area contributed by atoms with E-state index in [0.717, 1.165) is 0 Å². The van der Waals surface area contributed by atoms with Crippen LogP contribution < -0.4 is 5.48 Å². The molecule has 0 saturated carbocycles. The third kappa shape index (κ3) is 3.44. The quantitative estimate of drug-likeness (QED) is 0.277. The minimum absolute atomic E-state index is 0.532. The molecule has 1 rings (SSSR count). The van der Waals surface area contributed by atoms with Crippen molar-refractivity contribution in [3.05, 3.63) is 24.3 Å². The van der Waals surface area contributed by atoms with Gasteiger partial charge < -0.3 is 4.84 Å². The van der Waals surface area contributed by atoms with E-state index in [-0.39, 0.29) is 0 Å². The third-order valence-electron chi connectivity index (χ3n) is 2.04. The molecule has 0 aliphatic carbocycles. The van der Waals surface area contributed by atoms with Gasteiger partial charge in [-0.25, -0.2) is 20.5 Å². The van der Waals surface area contributed by atoms with Crippen molar-refractivity contribution in [2.75, 3.05) is 33.7 Å². The largest absolute Gasteiger partial charge is 0.470 e. The van der Waals surface area contributed by atoms with E-state index >= 15 is 0 Å². The Labute approximate surface area is 101 Å². The molecular weight excluding hydrogens is 218 g/mol. The maximum absolute atomic E-state index is 7.04. The number of hydrogen-bond donors (Lipinski definition) is 2. The fourth-order valence-electron chi connectivity index (χ4n) is 1.34. The highest BCUT2D eigenvalue weighted by molar-refractivity contribution is 5.71. The predicted molar refractivity (Wildman–Crippen MR) is 66.8 cm³/mol. The van der Waals surface area contributed by atoms with Gasteiger partial charge in [-0.3, -0.25) is 0 Å². The van der Waals surface area contributed by atoms with E-state index in [2.05, 4.69) is 10.6 Å². The Morgan fingerprint density at radius 1 is 1.35 bits per heavy atom. The van der Waals surface area contributed by atoms with E-state index < -0.39 is 0 Å². The molecule has 0 aliphatic rings. The Morgan fingerprint density at radius 3 is 2.53 bits per heavy atom. The van der Waals surface area contributed by atoms with Crippen LogP contribution in [0.4, 0.5) is 11.4 Å². The number of para-hydroxylation sites is 2. The maximum Gasteiger partial charge on any atom is 0.470 e. The van der Waals surface area contributed by atoms with Gasteiger partial charge in [-0.05, 0) is 12.1 Å². The average Bonchev–Trinajstić information content (AvgIpc) is 2.29. The standard InChI is InChI=1S/C11H18N5O/c1-15(2)11(16(3)4)17-14-10-8-6-5-7-9(10)13-12/h5-8,12,14H,1-4H3/q+1. The Balaban J connectivity index is 2.80. The van der Waals surface area contributed by atoms with Crippen LogP contribution in [-0.2, 0) is 4.84 Å². The lowest BCUT2D eigenvalue weighted by atomic mass is 10.3. The first-order chi connectivity index (χ1) is 8.06. The van der Waals surface area contributed by atoms with Gasteiger partial charge in [-0.2, -0.15) is 5.11 Å². The highest BCUT2D eigenvalue weighted by Gasteiger charge is 2.14. The van der Waals surface area contributed by atoms with E-state index in [4.69, 9.17) is 10.4 Å². The molecule has 1 aromatic carbocycles. The first-order valence-corrected chi connectivity index (χ1v) is 5.17. The van der Waals surface area contributed by atoms with Gasteiger partial charge >= 0.3 is 6.02 Å². The molecule has 2 N–H and O–H groups in total. The summed E-state index contributed by atoms with van der Waals surface area (Å²) in [5, 5.41) is 3.41. The second-order valence-corrected chi connectivity index (χ2v) is 3.90. The summed E-state index contributed by atoms with van der Waals surface area (Å²) in [4.78, 5) is 7.31. The Kier molecular flexibility index (Phi) is 4.45. The summed E-state index contributed by atoms with van der Waals surface area (Å²) in [5.41, 5.74) is 11.0. The van der Waals surface area contributed by atoms with E-state index in [1.165, 1.54) is 0 Å². The summed E-state index contributed by atoms with van der Waals surface area (Å²) in [7, 11) is 7.55. The second kappa shape index (κ2) is 5.83. The molecule has 0 unspecified atom stereocenters. The molecule has 17 heavy (non-hydrogen) atoms. The zero-order chi connectivity index (χ0) is 12.8. The Morgan fingerprint density at radius 2 is 2.00 bits per heavy atom. The minimum Gasteiger partial charge on any atom is -0.306 e. The van der Waals surface area contributed by atoms with Crippen LogP contribution in [0.15, 0.2) is 29.4 Å². The zero-order valence-corrected chi connectivity index (χ0v) is 10.6. The number of nitrogens with one attached hydrogen (secondary N) is 2. The number of amidine groups is 1. The predicted octanol–water partition coefficient (Wildman–Crippen LogP) is 1.88. The van der Waals surface area contributed by atoms with Crippen LogP contribution in [0.3, 0.4) is 0 Å². The Hall–Kier alpha value is -2.11. The van der Waals surface area contributed by atoms with Gasteiger partial charge in [0.1, 0.15) is 5.69 Å². The third-order valence-corrected chi connectivity index (χ3v) is 2.04. The molecule has 0 bridgehead atoms. The lowest BCUT2D eigenvalue weighted by Gasteiger charge is -2.13. The molecule has 0 fully saturated rings. The molecule has 92 valence electrons. The zero-order valence-electron chi connectivity index (χ0n) is 10.6. The summed E-state index contributed by atoms with van der Waals surface area (Å²) in [6, 6.07) is 7.87. The van der Waals surface area contributed by atoms with E-state index in [9.17, 15) is 0 Å². The summed E-state index contributed by atoms with van der Waals surface area (Å²) in [6.45, 7) is 0. The van der Waals surface area contributed by atoms with Crippen LogP contribution in [0.1, 0.15) is 0 Å². The van der Waals surface area contributed by atoms with Gasteiger partial charge in [0.15, 0.2) is 0 Å². The summed E-state index contributed by atoms with van der Waals surface area (Å²) < 4.78 is 1.84. The lowest BCUT2D eigenvalue weighted by molar-refractivity contribution is -0.480. The van der Waals surface area contributed by atoms with Crippen molar-refractivity contribution in [3.63, 3.8) is 0 Å². The van der Waals surface area contributed by atoms with Crippen molar-refractivity contribution < 1.29 is 9.41 Å². The second-order valence-electron chi connectivity index (χ2n) is 3.90. The average molecular weight is 236 g/mol. The lowest BCUT2D eigenvalue weighted by Crippen LogP contribution is -2.33. The monoisotopic (exact) mass is 236 g/mol. The van der Waals surface area contributed by atoms with Crippen LogP contribution in [0.5, 0.6) is 0 Å². The van der Waals surface area contributed by atoms with Gasteiger partial charge in [0.05, 0.1) is 33.9 Å². The molecule has 0 atom stereocenters. The van der Waals surface area contributed by atoms with Crippen molar-refractivity contribution in [2.24, 2.45) is 5.11 Å². The fraction of sp³-hybridized carbons (Fsp3) is 0.364. The van der Waals surface area contributed by atoms with Crippen molar-refractivity contribution in [3.8, 4) is 0 Å². The maximum atomic E-state index is 7.04. The minimum atomic E-state index is 0.532. The van der Waals surface area contributed by atoms with Gasteiger partial charge in [-0.15, -0.1) is 0 Å². The van der Waals surface area contributed by atoms with Crippen molar-refractivity contribution in [2.45, 2.75) is 0 Å². The molecule has 6 nitrogen and oxygen atoms in total. The number of benzene rings is 1. The molecule has 0 saturated heterocycles. The molecule has 0 aliphatic heterocycles. The summed E-state index contributed by atoms with van der Waals surface area (Å²) in [5.74, 6) is 0. The van der Waals surface area contributed by atoms with Gasteiger partial charge in [0.25, 0.3) is 0 Å². The topological polar surface area (TPSA) is 63.7 Å². The highest BCUT2D eigenvalue weighted by Crippen LogP contribution is 2.23. The van der Waals surface area contributed by atoms with Crippen molar-refractivity contribution in [1.29, 1.82) is 5.53 Å². The van der Waals surface area contributed by atoms with Crippen molar-refractivity contribution in [1.82, 2.24) is 4.90 Å². The van der Waals surface area contributed by atoms with Gasteiger partial charge in [0.2, 0.25) is 0 Å².